The van der Waals surface area contributed by atoms with E-state index in [1.807, 2.05) is 29.5 Å². The fourth-order valence-electron chi connectivity index (χ4n) is 2.25. The SMILES string of the molecule is CN(CC1CCNCC1)C(=O)Cc1cccs1. The van der Waals surface area contributed by atoms with E-state index in [4.69, 9.17) is 0 Å². The third-order valence-corrected chi connectivity index (χ3v) is 4.20. The zero-order chi connectivity index (χ0) is 12.1. The number of thiophene rings is 1. The van der Waals surface area contributed by atoms with Crippen molar-refractivity contribution in [3.63, 3.8) is 0 Å². The van der Waals surface area contributed by atoms with Gasteiger partial charge >= 0.3 is 0 Å². The zero-order valence-electron chi connectivity index (χ0n) is 10.3. The van der Waals surface area contributed by atoms with Gasteiger partial charge in [-0.05, 0) is 43.3 Å². The number of nitrogens with one attached hydrogen (secondary N) is 1. The van der Waals surface area contributed by atoms with Crippen molar-refractivity contribution in [1.82, 2.24) is 10.2 Å². The van der Waals surface area contributed by atoms with Crippen LogP contribution in [0.15, 0.2) is 17.5 Å². The molecule has 0 unspecified atom stereocenters. The summed E-state index contributed by atoms with van der Waals surface area (Å²) in [5.41, 5.74) is 0. The second-order valence-electron chi connectivity index (χ2n) is 4.72. The standard InChI is InChI=1S/C13H20N2OS/c1-15(10-11-4-6-14-7-5-11)13(16)9-12-3-2-8-17-12/h2-3,8,11,14H,4-7,9-10H2,1H3. The Kier molecular flexibility index (Phi) is 4.57. The van der Waals surface area contributed by atoms with Crippen LogP contribution in [0.5, 0.6) is 0 Å². The van der Waals surface area contributed by atoms with Gasteiger partial charge in [0.25, 0.3) is 0 Å². The van der Waals surface area contributed by atoms with Crippen LogP contribution in [-0.2, 0) is 11.2 Å². The smallest absolute Gasteiger partial charge is 0.227 e. The van der Waals surface area contributed by atoms with E-state index in [2.05, 4.69) is 5.32 Å². The van der Waals surface area contributed by atoms with E-state index >= 15 is 0 Å². The Morgan fingerprint density at radius 3 is 2.94 bits per heavy atom. The molecule has 0 atom stereocenters. The van der Waals surface area contributed by atoms with Gasteiger partial charge in [-0.1, -0.05) is 6.07 Å². The van der Waals surface area contributed by atoms with E-state index in [1.54, 1.807) is 11.3 Å². The summed E-state index contributed by atoms with van der Waals surface area (Å²) in [7, 11) is 1.93. The van der Waals surface area contributed by atoms with Crippen LogP contribution in [0.1, 0.15) is 17.7 Å². The van der Waals surface area contributed by atoms with Crippen molar-refractivity contribution in [3.05, 3.63) is 22.4 Å². The second kappa shape index (κ2) is 6.17. The highest BCUT2D eigenvalue weighted by molar-refractivity contribution is 7.10. The summed E-state index contributed by atoms with van der Waals surface area (Å²) < 4.78 is 0. The van der Waals surface area contributed by atoms with Crippen molar-refractivity contribution in [2.24, 2.45) is 5.92 Å². The average molecular weight is 252 g/mol. The highest BCUT2D eigenvalue weighted by atomic mass is 32.1. The monoisotopic (exact) mass is 252 g/mol. The van der Waals surface area contributed by atoms with Gasteiger partial charge in [-0.15, -0.1) is 11.3 Å². The molecule has 2 rings (SSSR count). The Balaban J connectivity index is 1.78. The number of amides is 1. The number of rotatable bonds is 4. The first-order valence-electron chi connectivity index (χ1n) is 6.23. The number of carbonyl (C=O) groups is 1. The molecule has 1 fully saturated rings. The number of nitrogens with zero attached hydrogens (tertiary/aromatic N) is 1. The van der Waals surface area contributed by atoms with Gasteiger partial charge in [0, 0.05) is 18.5 Å². The Morgan fingerprint density at radius 2 is 2.29 bits per heavy atom. The van der Waals surface area contributed by atoms with Crippen molar-refractivity contribution < 1.29 is 4.79 Å². The van der Waals surface area contributed by atoms with Crippen LogP contribution in [0.4, 0.5) is 0 Å². The molecule has 17 heavy (non-hydrogen) atoms. The first-order chi connectivity index (χ1) is 8.25. The minimum Gasteiger partial charge on any atom is -0.345 e. The molecule has 1 aliphatic heterocycles. The largest absolute Gasteiger partial charge is 0.345 e. The molecule has 0 aromatic carbocycles. The molecule has 1 N–H and O–H groups in total. The molecule has 1 saturated heterocycles. The molecule has 0 aliphatic carbocycles. The van der Waals surface area contributed by atoms with E-state index in [1.165, 1.54) is 12.8 Å². The highest BCUT2D eigenvalue weighted by Crippen LogP contribution is 2.14. The van der Waals surface area contributed by atoms with E-state index < -0.39 is 0 Å². The van der Waals surface area contributed by atoms with Crippen molar-refractivity contribution in [2.45, 2.75) is 19.3 Å². The number of hydrogen-bond acceptors (Lipinski definition) is 3. The van der Waals surface area contributed by atoms with Crippen LogP contribution in [0.25, 0.3) is 0 Å². The van der Waals surface area contributed by atoms with Gasteiger partial charge in [-0.3, -0.25) is 4.79 Å². The summed E-state index contributed by atoms with van der Waals surface area (Å²) in [6.45, 7) is 3.10. The molecule has 1 aromatic rings. The Hall–Kier alpha value is -0.870. The molecule has 0 saturated carbocycles. The topological polar surface area (TPSA) is 32.3 Å². The summed E-state index contributed by atoms with van der Waals surface area (Å²) in [5, 5.41) is 5.38. The summed E-state index contributed by atoms with van der Waals surface area (Å²) >= 11 is 1.66. The Labute approximate surface area is 107 Å². The van der Waals surface area contributed by atoms with E-state index in [9.17, 15) is 4.79 Å². The lowest BCUT2D eigenvalue weighted by Crippen LogP contribution is -2.37. The van der Waals surface area contributed by atoms with Crippen LogP contribution in [0.2, 0.25) is 0 Å². The lowest BCUT2D eigenvalue weighted by Gasteiger charge is -2.27. The van der Waals surface area contributed by atoms with Crippen molar-refractivity contribution >= 4 is 17.2 Å². The summed E-state index contributed by atoms with van der Waals surface area (Å²) in [6, 6.07) is 4.03. The predicted molar refractivity (Wildman–Crippen MR) is 71.3 cm³/mol. The number of likely N-dealkylation sites (N-methyl/N-ethyl adjacent to an activating group) is 1. The Bertz CT molecular complexity index is 344. The van der Waals surface area contributed by atoms with Crippen LogP contribution >= 0.6 is 11.3 Å². The van der Waals surface area contributed by atoms with Crippen molar-refractivity contribution in [3.8, 4) is 0 Å². The zero-order valence-corrected chi connectivity index (χ0v) is 11.1. The van der Waals surface area contributed by atoms with Gasteiger partial charge < -0.3 is 10.2 Å². The maximum Gasteiger partial charge on any atom is 0.227 e. The van der Waals surface area contributed by atoms with Gasteiger partial charge in [0.15, 0.2) is 0 Å². The molecular formula is C13H20N2OS. The molecule has 0 radical (unpaired) electrons. The number of hydrogen-bond donors (Lipinski definition) is 1. The lowest BCUT2D eigenvalue weighted by atomic mass is 9.97. The lowest BCUT2D eigenvalue weighted by molar-refractivity contribution is -0.129. The maximum absolute atomic E-state index is 12.0. The summed E-state index contributed by atoms with van der Waals surface area (Å²) in [5.74, 6) is 0.916. The molecule has 1 aromatic heterocycles. The van der Waals surface area contributed by atoms with Gasteiger partial charge in [0.05, 0.1) is 6.42 Å². The van der Waals surface area contributed by atoms with Gasteiger partial charge in [0.2, 0.25) is 5.91 Å². The second-order valence-corrected chi connectivity index (χ2v) is 5.76. The number of carbonyl (C=O) groups excluding carboxylic acids is 1. The van der Waals surface area contributed by atoms with Crippen LogP contribution in [0, 0.1) is 5.92 Å². The van der Waals surface area contributed by atoms with Crippen LogP contribution in [-0.4, -0.2) is 37.5 Å². The van der Waals surface area contributed by atoms with Crippen molar-refractivity contribution in [1.29, 1.82) is 0 Å². The summed E-state index contributed by atoms with van der Waals surface area (Å²) in [6.07, 6.45) is 2.94. The third-order valence-electron chi connectivity index (χ3n) is 3.32. The van der Waals surface area contributed by atoms with E-state index in [0.29, 0.717) is 12.3 Å². The first kappa shape index (κ1) is 12.6. The molecular weight excluding hydrogens is 232 g/mol. The fraction of sp³-hybridized carbons (Fsp3) is 0.615. The van der Waals surface area contributed by atoms with E-state index in [0.717, 1.165) is 24.5 Å². The van der Waals surface area contributed by atoms with Gasteiger partial charge in [-0.25, -0.2) is 0 Å². The van der Waals surface area contributed by atoms with Gasteiger partial charge in [-0.2, -0.15) is 0 Å². The van der Waals surface area contributed by atoms with Crippen molar-refractivity contribution in [2.75, 3.05) is 26.7 Å². The minimum atomic E-state index is 0.242. The predicted octanol–water partition coefficient (Wildman–Crippen LogP) is 1.75. The quantitative estimate of drug-likeness (QED) is 0.885. The third kappa shape index (κ3) is 3.82. The average Bonchev–Trinajstić information content (AvgIpc) is 2.83. The van der Waals surface area contributed by atoms with E-state index in [-0.39, 0.29) is 5.91 Å². The molecule has 1 amide bonds. The minimum absolute atomic E-state index is 0.242. The normalized spacial score (nSPS) is 17.0. The van der Waals surface area contributed by atoms with Crippen LogP contribution < -0.4 is 5.32 Å². The van der Waals surface area contributed by atoms with Gasteiger partial charge in [0.1, 0.15) is 0 Å². The molecule has 1 aliphatic rings. The molecule has 0 bridgehead atoms. The molecule has 3 nitrogen and oxygen atoms in total. The number of piperidine rings is 1. The first-order valence-corrected chi connectivity index (χ1v) is 7.10. The molecule has 2 heterocycles. The molecule has 0 spiro atoms. The fourth-order valence-corrected chi connectivity index (χ4v) is 2.95. The summed E-state index contributed by atoms with van der Waals surface area (Å²) in [4.78, 5) is 15.1. The van der Waals surface area contributed by atoms with Crippen LogP contribution in [0.3, 0.4) is 0 Å². The Morgan fingerprint density at radius 1 is 1.53 bits per heavy atom. The molecule has 4 heteroatoms. The molecule has 94 valence electrons. The highest BCUT2D eigenvalue weighted by Gasteiger charge is 2.18. The maximum atomic E-state index is 12.0.